The number of nitrogens with zero attached hydrogens (tertiary/aromatic N) is 5. The Balaban J connectivity index is 2.05. The maximum absolute atomic E-state index is 8.90. The molecule has 0 atom stereocenters. The summed E-state index contributed by atoms with van der Waals surface area (Å²) < 4.78 is 7.06. The minimum Gasteiger partial charge on any atom is -0.345 e. The zero-order chi connectivity index (χ0) is 14.1. The second kappa shape index (κ2) is 4.63. The van der Waals surface area contributed by atoms with Gasteiger partial charge in [-0.15, -0.1) is 0 Å². The molecule has 98 valence electrons. The van der Waals surface area contributed by atoms with Crippen LogP contribution in [-0.2, 0) is 7.05 Å². The largest absolute Gasteiger partial charge is 0.345 e. The molecule has 6 heteroatoms. The zero-order valence-electron chi connectivity index (χ0n) is 11.0. The Morgan fingerprint density at radius 1 is 1.40 bits per heavy atom. The smallest absolute Gasteiger partial charge is 0.274 e. The molecule has 0 unspecified atom stereocenters. The first-order chi connectivity index (χ1) is 9.69. The number of pyridine rings is 1. The quantitative estimate of drug-likeness (QED) is 0.710. The molecule has 0 N–H and O–H groups in total. The topological polar surface area (TPSA) is 80.5 Å². The van der Waals surface area contributed by atoms with E-state index in [1.54, 1.807) is 29.2 Å². The number of aryl methyl sites for hydroxylation is 2. The summed E-state index contributed by atoms with van der Waals surface area (Å²) in [6.45, 7) is 1.96. The molecule has 3 aromatic heterocycles. The van der Waals surface area contributed by atoms with Crippen LogP contribution >= 0.6 is 0 Å². The molecule has 6 nitrogen and oxygen atoms in total. The molecule has 0 aliphatic rings. The number of rotatable bonds is 2. The minimum atomic E-state index is 0.382. The standard InChI is InChI=1S/C14H11N5O/c1-9-3-4-16-7-11(9)13-17-14(20-18-13)12-5-10(6-15)8-19(12)2/h3-5,7-8H,1-2H3. The van der Waals surface area contributed by atoms with Crippen LogP contribution < -0.4 is 0 Å². The average Bonchev–Trinajstić information content (AvgIpc) is 3.05. The van der Waals surface area contributed by atoms with Gasteiger partial charge in [0.1, 0.15) is 11.8 Å². The molecule has 3 aromatic rings. The second-order valence-corrected chi connectivity index (χ2v) is 4.45. The highest BCUT2D eigenvalue weighted by Crippen LogP contribution is 2.24. The van der Waals surface area contributed by atoms with E-state index in [2.05, 4.69) is 21.2 Å². The molecule has 0 radical (unpaired) electrons. The Kier molecular flexibility index (Phi) is 2.80. The van der Waals surface area contributed by atoms with E-state index in [4.69, 9.17) is 9.78 Å². The normalized spacial score (nSPS) is 10.4. The first kappa shape index (κ1) is 12.1. The monoisotopic (exact) mass is 265 g/mol. The fourth-order valence-corrected chi connectivity index (χ4v) is 1.97. The number of hydrogen-bond donors (Lipinski definition) is 0. The molecule has 0 aliphatic carbocycles. The Morgan fingerprint density at radius 3 is 2.95 bits per heavy atom. The van der Waals surface area contributed by atoms with Crippen molar-refractivity contribution in [3.05, 3.63) is 41.9 Å². The van der Waals surface area contributed by atoms with Crippen molar-refractivity contribution in [3.63, 3.8) is 0 Å². The molecule has 20 heavy (non-hydrogen) atoms. The highest BCUT2D eigenvalue weighted by atomic mass is 16.5. The van der Waals surface area contributed by atoms with E-state index in [0.29, 0.717) is 23.0 Å². The maximum Gasteiger partial charge on any atom is 0.274 e. The lowest BCUT2D eigenvalue weighted by molar-refractivity contribution is 0.429. The van der Waals surface area contributed by atoms with Crippen LogP contribution in [0.4, 0.5) is 0 Å². The third-order valence-electron chi connectivity index (χ3n) is 3.06. The van der Waals surface area contributed by atoms with Gasteiger partial charge >= 0.3 is 0 Å². The fraction of sp³-hybridized carbons (Fsp3) is 0.143. The van der Waals surface area contributed by atoms with Crippen LogP contribution in [0.15, 0.2) is 35.2 Å². The van der Waals surface area contributed by atoms with E-state index < -0.39 is 0 Å². The summed E-state index contributed by atoms with van der Waals surface area (Å²) in [7, 11) is 1.83. The molecule has 0 aromatic carbocycles. The predicted octanol–water partition coefficient (Wildman–Crippen LogP) is 2.32. The maximum atomic E-state index is 8.90. The van der Waals surface area contributed by atoms with Crippen molar-refractivity contribution in [3.8, 4) is 29.0 Å². The molecular formula is C14H11N5O. The first-order valence-corrected chi connectivity index (χ1v) is 6.00. The second-order valence-electron chi connectivity index (χ2n) is 4.45. The minimum absolute atomic E-state index is 0.382. The molecule has 0 spiro atoms. The molecular weight excluding hydrogens is 254 g/mol. The Bertz CT molecular complexity index is 809. The van der Waals surface area contributed by atoms with Crippen molar-refractivity contribution >= 4 is 0 Å². The molecule has 0 bridgehead atoms. The van der Waals surface area contributed by atoms with Crippen LogP contribution in [0.25, 0.3) is 23.0 Å². The Hall–Kier alpha value is -2.94. The van der Waals surface area contributed by atoms with E-state index in [-0.39, 0.29) is 0 Å². The van der Waals surface area contributed by atoms with Crippen molar-refractivity contribution in [2.75, 3.05) is 0 Å². The highest BCUT2D eigenvalue weighted by molar-refractivity contribution is 5.61. The Morgan fingerprint density at radius 2 is 2.25 bits per heavy atom. The van der Waals surface area contributed by atoms with Gasteiger partial charge in [0.2, 0.25) is 5.82 Å². The summed E-state index contributed by atoms with van der Waals surface area (Å²) in [5.74, 6) is 0.873. The summed E-state index contributed by atoms with van der Waals surface area (Å²) in [5.41, 5.74) is 3.12. The third-order valence-corrected chi connectivity index (χ3v) is 3.06. The summed E-state index contributed by atoms with van der Waals surface area (Å²) in [4.78, 5) is 8.44. The van der Waals surface area contributed by atoms with Crippen LogP contribution in [0.5, 0.6) is 0 Å². The zero-order valence-corrected chi connectivity index (χ0v) is 11.0. The highest BCUT2D eigenvalue weighted by Gasteiger charge is 2.15. The Labute approximate surface area is 115 Å². The van der Waals surface area contributed by atoms with Crippen molar-refractivity contribution in [2.24, 2.45) is 7.05 Å². The van der Waals surface area contributed by atoms with Gasteiger partial charge in [-0.2, -0.15) is 10.2 Å². The van der Waals surface area contributed by atoms with E-state index in [1.807, 2.05) is 20.0 Å². The first-order valence-electron chi connectivity index (χ1n) is 6.00. The fourth-order valence-electron chi connectivity index (χ4n) is 1.97. The van der Waals surface area contributed by atoms with Gasteiger partial charge in [-0.1, -0.05) is 5.16 Å². The van der Waals surface area contributed by atoms with Gasteiger partial charge in [0.15, 0.2) is 0 Å². The van der Waals surface area contributed by atoms with Crippen LogP contribution in [0, 0.1) is 18.3 Å². The van der Waals surface area contributed by atoms with Gasteiger partial charge in [-0.05, 0) is 24.6 Å². The van der Waals surface area contributed by atoms with Gasteiger partial charge in [0.05, 0.1) is 5.56 Å². The number of aromatic nitrogens is 4. The van der Waals surface area contributed by atoms with Gasteiger partial charge < -0.3 is 9.09 Å². The van der Waals surface area contributed by atoms with Gasteiger partial charge in [0, 0.05) is 31.2 Å². The van der Waals surface area contributed by atoms with Crippen LogP contribution in [-0.4, -0.2) is 19.7 Å². The van der Waals surface area contributed by atoms with E-state index in [9.17, 15) is 0 Å². The molecule has 0 saturated carbocycles. The van der Waals surface area contributed by atoms with E-state index >= 15 is 0 Å². The van der Waals surface area contributed by atoms with Crippen LogP contribution in [0.2, 0.25) is 0 Å². The lowest BCUT2D eigenvalue weighted by Gasteiger charge is -1.97. The lowest BCUT2D eigenvalue weighted by Crippen LogP contribution is -1.90. The van der Waals surface area contributed by atoms with Gasteiger partial charge in [0.25, 0.3) is 5.89 Å². The average molecular weight is 265 g/mol. The van der Waals surface area contributed by atoms with Crippen molar-refractivity contribution in [1.29, 1.82) is 5.26 Å². The third kappa shape index (κ3) is 1.95. The number of hydrogen-bond acceptors (Lipinski definition) is 5. The molecule has 3 rings (SSSR count). The molecule has 3 heterocycles. The molecule has 0 fully saturated rings. The SMILES string of the molecule is Cc1ccncc1-c1noc(-c2cc(C#N)cn2C)n1. The van der Waals surface area contributed by atoms with Crippen LogP contribution in [0.3, 0.4) is 0 Å². The van der Waals surface area contributed by atoms with E-state index in [0.717, 1.165) is 11.1 Å². The molecule has 0 aliphatic heterocycles. The van der Waals surface area contributed by atoms with Crippen molar-refractivity contribution < 1.29 is 4.52 Å². The van der Waals surface area contributed by atoms with Crippen LogP contribution in [0.1, 0.15) is 11.1 Å². The summed E-state index contributed by atoms with van der Waals surface area (Å²) in [6, 6.07) is 5.69. The number of nitriles is 1. The van der Waals surface area contributed by atoms with E-state index in [1.165, 1.54) is 0 Å². The summed E-state index contributed by atoms with van der Waals surface area (Å²) >= 11 is 0. The predicted molar refractivity (Wildman–Crippen MR) is 71.4 cm³/mol. The summed E-state index contributed by atoms with van der Waals surface area (Å²) in [5, 5.41) is 12.9. The van der Waals surface area contributed by atoms with Crippen molar-refractivity contribution in [1.82, 2.24) is 19.7 Å². The van der Waals surface area contributed by atoms with Gasteiger partial charge in [-0.25, -0.2) is 0 Å². The summed E-state index contributed by atoms with van der Waals surface area (Å²) in [6.07, 6.45) is 5.14. The molecule has 0 saturated heterocycles. The lowest BCUT2D eigenvalue weighted by atomic mass is 10.1. The molecule has 0 amide bonds. The van der Waals surface area contributed by atoms with Gasteiger partial charge in [-0.3, -0.25) is 4.98 Å². The van der Waals surface area contributed by atoms with Crippen molar-refractivity contribution in [2.45, 2.75) is 6.92 Å².